The van der Waals surface area contributed by atoms with Crippen LogP contribution in [0.5, 0.6) is 0 Å². The summed E-state index contributed by atoms with van der Waals surface area (Å²) in [6.07, 6.45) is 3.88. The molecule has 3 aromatic carbocycles. The van der Waals surface area contributed by atoms with E-state index in [2.05, 4.69) is 76.0 Å². The van der Waals surface area contributed by atoms with E-state index in [9.17, 15) is 0 Å². The Morgan fingerprint density at radius 2 is 1.53 bits per heavy atom. The number of fused-ring (bicyclic) bond motifs is 1. The van der Waals surface area contributed by atoms with E-state index in [0.29, 0.717) is 0 Å². The smallest absolute Gasteiger partial charge is 0.205 e. The molecule has 0 bridgehead atoms. The van der Waals surface area contributed by atoms with E-state index in [4.69, 9.17) is 5.10 Å². The van der Waals surface area contributed by atoms with E-state index in [1.165, 1.54) is 11.1 Å². The third-order valence-electron chi connectivity index (χ3n) is 5.10. The van der Waals surface area contributed by atoms with E-state index in [0.717, 1.165) is 32.5 Å². The zero-order valence-corrected chi connectivity index (χ0v) is 17.3. The van der Waals surface area contributed by atoms with Crippen molar-refractivity contribution in [2.45, 2.75) is 0 Å². The molecule has 0 amide bonds. The van der Waals surface area contributed by atoms with Gasteiger partial charge in [0.15, 0.2) is 0 Å². The van der Waals surface area contributed by atoms with E-state index in [-0.39, 0.29) is 0 Å². The van der Waals surface area contributed by atoms with E-state index in [1.54, 1.807) is 18.4 Å². The SMILES string of the molecule is CN=c1scc(-c2ccc(-c3ccccc3)cc2)n1/N=C/c1c[nH]c2ccccc12. The lowest BCUT2D eigenvalue weighted by molar-refractivity contribution is 0.848. The molecule has 0 saturated carbocycles. The van der Waals surface area contributed by atoms with Crippen LogP contribution in [0.1, 0.15) is 5.56 Å². The molecule has 2 aromatic heterocycles. The van der Waals surface area contributed by atoms with Crippen molar-refractivity contribution >= 4 is 28.5 Å². The van der Waals surface area contributed by atoms with Gasteiger partial charge >= 0.3 is 0 Å². The van der Waals surface area contributed by atoms with Crippen molar-refractivity contribution in [2.24, 2.45) is 10.1 Å². The second-order valence-corrected chi connectivity index (χ2v) is 7.75. The van der Waals surface area contributed by atoms with Crippen LogP contribution in [-0.4, -0.2) is 22.9 Å². The third kappa shape index (κ3) is 3.40. The van der Waals surface area contributed by atoms with E-state index >= 15 is 0 Å². The predicted molar refractivity (Wildman–Crippen MR) is 126 cm³/mol. The number of hydrogen-bond acceptors (Lipinski definition) is 3. The van der Waals surface area contributed by atoms with Crippen molar-refractivity contribution in [3.63, 3.8) is 0 Å². The van der Waals surface area contributed by atoms with Gasteiger partial charge in [-0.3, -0.25) is 4.99 Å². The quantitative estimate of drug-likeness (QED) is 0.367. The molecule has 0 spiro atoms. The number of rotatable bonds is 4. The van der Waals surface area contributed by atoms with Gasteiger partial charge in [0.25, 0.3) is 0 Å². The van der Waals surface area contributed by atoms with Crippen LogP contribution in [0.3, 0.4) is 0 Å². The van der Waals surface area contributed by atoms with Crippen LogP contribution in [0.4, 0.5) is 0 Å². The summed E-state index contributed by atoms with van der Waals surface area (Å²) in [4.78, 5) is 8.55. The Hall–Kier alpha value is -3.70. The minimum absolute atomic E-state index is 0.855. The summed E-state index contributed by atoms with van der Waals surface area (Å²) in [5.41, 5.74) is 6.70. The molecule has 0 fully saturated rings. The maximum absolute atomic E-state index is 4.77. The average Bonchev–Trinajstić information content (AvgIpc) is 3.42. The van der Waals surface area contributed by atoms with Crippen molar-refractivity contribution in [3.8, 4) is 22.4 Å². The summed E-state index contributed by atoms with van der Waals surface area (Å²) in [7, 11) is 1.80. The van der Waals surface area contributed by atoms with Crippen LogP contribution < -0.4 is 4.80 Å². The third-order valence-corrected chi connectivity index (χ3v) is 6.01. The Bertz CT molecular complexity index is 1390. The Labute approximate surface area is 178 Å². The largest absolute Gasteiger partial charge is 0.361 e. The van der Waals surface area contributed by atoms with Crippen molar-refractivity contribution in [2.75, 3.05) is 7.05 Å². The molecule has 0 unspecified atom stereocenters. The maximum Gasteiger partial charge on any atom is 0.205 e. The van der Waals surface area contributed by atoms with Gasteiger partial charge in [-0.15, -0.1) is 11.3 Å². The first-order valence-corrected chi connectivity index (χ1v) is 10.6. The molecule has 5 heteroatoms. The highest BCUT2D eigenvalue weighted by molar-refractivity contribution is 7.07. The van der Waals surface area contributed by atoms with Gasteiger partial charge in [-0.25, -0.2) is 4.68 Å². The Morgan fingerprint density at radius 3 is 2.33 bits per heavy atom. The fourth-order valence-electron chi connectivity index (χ4n) is 3.55. The number of H-pyrrole nitrogens is 1. The van der Waals surface area contributed by atoms with Gasteiger partial charge in [0.1, 0.15) is 0 Å². The molecule has 0 aliphatic rings. The highest BCUT2D eigenvalue weighted by Crippen LogP contribution is 2.25. The first-order chi connectivity index (χ1) is 14.8. The van der Waals surface area contributed by atoms with Crippen LogP contribution in [0, 0.1) is 0 Å². The molecule has 5 aromatic rings. The van der Waals surface area contributed by atoms with E-state index < -0.39 is 0 Å². The molecule has 2 heterocycles. The number of nitrogens with one attached hydrogen (secondary N) is 1. The zero-order chi connectivity index (χ0) is 20.3. The molecule has 0 aliphatic heterocycles. The van der Waals surface area contributed by atoms with Gasteiger partial charge < -0.3 is 4.98 Å². The van der Waals surface area contributed by atoms with Crippen LogP contribution >= 0.6 is 11.3 Å². The number of para-hydroxylation sites is 1. The monoisotopic (exact) mass is 408 g/mol. The lowest BCUT2D eigenvalue weighted by Gasteiger charge is -2.06. The first kappa shape index (κ1) is 18.3. The molecule has 1 N–H and O–H groups in total. The normalized spacial score (nSPS) is 12.2. The van der Waals surface area contributed by atoms with E-state index in [1.807, 2.05) is 35.3 Å². The molecule has 146 valence electrons. The fourth-order valence-corrected chi connectivity index (χ4v) is 4.35. The van der Waals surface area contributed by atoms with Gasteiger partial charge in [-0.2, -0.15) is 5.10 Å². The van der Waals surface area contributed by atoms with Crippen LogP contribution in [-0.2, 0) is 0 Å². The number of aromatic amines is 1. The molecule has 5 rings (SSSR count). The average molecular weight is 409 g/mol. The summed E-state index contributed by atoms with van der Waals surface area (Å²) in [6.45, 7) is 0. The van der Waals surface area contributed by atoms with Gasteiger partial charge in [-0.1, -0.05) is 72.8 Å². The fraction of sp³-hybridized carbons (Fsp3) is 0.0400. The zero-order valence-electron chi connectivity index (χ0n) is 16.5. The summed E-state index contributed by atoms with van der Waals surface area (Å²) < 4.78 is 1.91. The summed E-state index contributed by atoms with van der Waals surface area (Å²) in [5.74, 6) is 0. The van der Waals surface area contributed by atoms with Gasteiger partial charge in [-0.05, 0) is 17.2 Å². The van der Waals surface area contributed by atoms with Crippen LogP contribution in [0.15, 0.2) is 101 Å². The summed E-state index contributed by atoms with van der Waals surface area (Å²) in [6, 6.07) is 27.2. The molecule has 0 saturated heterocycles. The molecular formula is C25H20N4S. The molecule has 0 radical (unpaired) electrons. The van der Waals surface area contributed by atoms with Gasteiger partial charge in [0, 0.05) is 40.7 Å². The molecule has 4 nitrogen and oxygen atoms in total. The van der Waals surface area contributed by atoms with Crippen molar-refractivity contribution in [1.82, 2.24) is 9.66 Å². The van der Waals surface area contributed by atoms with Crippen molar-refractivity contribution in [3.05, 3.63) is 101 Å². The van der Waals surface area contributed by atoms with Gasteiger partial charge in [0.05, 0.1) is 11.9 Å². The Morgan fingerprint density at radius 1 is 0.833 bits per heavy atom. The number of aromatic nitrogens is 2. The number of thiazole rings is 1. The minimum Gasteiger partial charge on any atom is -0.361 e. The minimum atomic E-state index is 0.855. The summed E-state index contributed by atoms with van der Waals surface area (Å²) in [5, 5.41) is 8.03. The van der Waals surface area contributed by atoms with Crippen molar-refractivity contribution < 1.29 is 0 Å². The topological polar surface area (TPSA) is 45.4 Å². The second-order valence-electron chi connectivity index (χ2n) is 6.92. The lowest BCUT2D eigenvalue weighted by Crippen LogP contribution is -2.11. The Kier molecular flexibility index (Phi) is 4.87. The van der Waals surface area contributed by atoms with Crippen molar-refractivity contribution in [1.29, 1.82) is 0 Å². The summed E-state index contributed by atoms with van der Waals surface area (Å²) >= 11 is 1.59. The predicted octanol–water partition coefficient (Wildman–Crippen LogP) is 5.78. The highest BCUT2D eigenvalue weighted by Gasteiger charge is 2.08. The van der Waals surface area contributed by atoms with Gasteiger partial charge in [0.2, 0.25) is 4.80 Å². The molecule has 0 aliphatic carbocycles. The number of benzene rings is 3. The second kappa shape index (κ2) is 7.97. The number of hydrogen-bond donors (Lipinski definition) is 1. The maximum atomic E-state index is 4.77. The lowest BCUT2D eigenvalue weighted by atomic mass is 10.0. The molecule has 0 atom stereocenters. The standard InChI is InChI=1S/C25H20N4S/c1-26-25-29(28-16-21-15-27-23-10-6-5-9-22(21)23)24(17-30-25)20-13-11-19(12-14-20)18-7-3-2-4-8-18/h2-17,27H,1H3/b26-25?,28-16+. The molecular weight excluding hydrogens is 388 g/mol. The Balaban J connectivity index is 1.52. The first-order valence-electron chi connectivity index (χ1n) is 9.73. The van der Waals surface area contributed by atoms with Crippen LogP contribution in [0.25, 0.3) is 33.3 Å². The highest BCUT2D eigenvalue weighted by atomic mass is 32.1. The van der Waals surface area contributed by atoms with Crippen LogP contribution in [0.2, 0.25) is 0 Å². The molecule has 30 heavy (non-hydrogen) atoms. The number of nitrogens with zero attached hydrogens (tertiary/aromatic N) is 3.